The van der Waals surface area contributed by atoms with E-state index in [1.807, 2.05) is 24.3 Å². The first-order valence-corrected chi connectivity index (χ1v) is 10.0. The normalized spacial score (nSPS) is 18.4. The van der Waals surface area contributed by atoms with E-state index in [4.69, 9.17) is 25.8 Å². The lowest BCUT2D eigenvalue weighted by atomic mass is 9.98. The Morgan fingerprint density at radius 2 is 2.03 bits per heavy atom. The van der Waals surface area contributed by atoms with E-state index in [1.54, 1.807) is 43.2 Å². The van der Waals surface area contributed by atoms with E-state index in [-0.39, 0.29) is 25.5 Å². The number of carbonyl (C=O) groups is 2. The maximum Gasteiger partial charge on any atom is 0.308 e. The highest BCUT2D eigenvalue weighted by atomic mass is 35.5. The zero-order chi connectivity index (χ0) is 21.7. The van der Waals surface area contributed by atoms with Crippen molar-refractivity contribution >= 4 is 29.2 Å². The Kier molecular flexibility index (Phi) is 7.13. The molecule has 1 amide bonds. The number of rotatable bonds is 7. The van der Waals surface area contributed by atoms with Crippen LogP contribution >= 0.6 is 11.6 Å². The van der Waals surface area contributed by atoms with Crippen LogP contribution in [0.3, 0.4) is 0 Å². The summed E-state index contributed by atoms with van der Waals surface area (Å²) < 4.78 is 16.8. The third-order valence-corrected chi connectivity index (χ3v) is 5.03. The van der Waals surface area contributed by atoms with Crippen molar-refractivity contribution in [3.05, 3.63) is 71.3 Å². The second-order valence-electron chi connectivity index (χ2n) is 6.70. The Morgan fingerprint density at radius 1 is 1.27 bits per heavy atom. The number of fused-ring (bicyclic) bond motifs is 1. The highest BCUT2D eigenvalue weighted by Gasteiger charge is 2.38. The van der Waals surface area contributed by atoms with Gasteiger partial charge in [0.1, 0.15) is 18.0 Å². The van der Waals surface area contributed by atoms with E-state index >= 15 is 0 Å². The molecule has 2 aromatic rings. The number of benzene rings is 2. The Morgan fingerprint density at radius 3 is 2.73 bits per heavy atom. The largest absolute Gasteiger partial charge is 0.496 e. The maximum absolute atomic E-state index is 13.3. The second-order valence-corrected chi connectivity index (χ2v) is 7.13. The van der Waals surface area contributed by atoms with Crippen LogP contribution in [0, 0.1) is 0 Å². The summed E-state index contributed by atoms with van der Waals surface area (Å²) in [7, 11) is 1.57. The lowest BCUT2D eigenvalue weighted by Crippen LogP contribution is -2.40. The number of amides is 1. The molecule has 3 rings (SSSR count). The van der Waals surface area contributed by atoms with E-state index < -0.39 is 18.2 Å². The number of para-hydroxylation sites is 1. The van der Waals surface area contributed by atoms with Gasteiger partial charge in [-0.05, 0) is 31.2 Å². The molecule has 2 atom stereocenters. The molecule has 0 aromatic heterocycles. The van der Waals surface area contributed by atoms with Crippen LogP contribution in [0.1, 0.15) is 30.6 Å². The van der Waals surface area contributed by atoms with Crippen LogP contribution in [0.5, 0.6) is 5.75 Å². The van der Waals surface area contributed by atoms with Gasteiger partial charge in [-0.2, -0.15) is 0 Å². The molecule has 0 spiro atoms. The van der Waals surface area contributed by atoms with Crippen molar-refractivity contribution in [1.29, 1.82) is 0 Å². The van der Waals surface area contributed by atoms with Gasteiger partial charge in [-0.15, -0.1) is 6.58 Å². The quantitative estimate of drug-likeness (QED) is 0.484. The van der Waals surface area contributed by atoms with Crippen molar-refractivity contribution in [1.82, 2.24) is 0 Å². The molecule has 0 fully saturated rings. The molecule has 7 heteroatoms. The van der Waals surface area contributed by atoms with E-state index in [0.29, 0.717) is 22.0 Å². The van der Waals surface area contributed by atoms with E-state index in [9.17, 15) is 9.59 Å². The first-order chi connectivity index (χ1) is 14.5. The minimum Gasteiger partial charge on any atom is -0.496 e. The highest BCUT2D eigenvalue weighted by molar-refractivity contribution is 6.30. The average molecular weight is 430 g/mol. The fourth-order valence-corrected chi connectivity index (χ4v) is 3.70. The summed E-state index contributed by atoms with van der Waals surface area (Å²) in [6.07, 6.45) is -0.285. The molecule has 1 heterocycles. The zero-order valence-corrected chi connectivity index (χ0v) is 17.7. The summed E-state index contributed by atoms with van der Waals surface area (Å²) in [5, 5.41) is 0.507. The van der Waals surface area contributed by atoms with Crippen molar-refractivity contribution in [2.75, 3.05) is 25.2 Å². The zero-order valence-electron chi connectivity index (χ0n) is 17.0. The molecule has 0 bridgehead atoms. The number of esters is 1. The van der Waals surface area contributed by atoms with E-state index in [0.717, 1.165) is 5.56 Å². The van der Waals surface area contributed by atoms with Gasteiger partial charge in [0.25, 0.3) is 5.91 Å². The molecule has 1 aliphatic rings. The average Bonchev–Trinajstić information content (AvgIpc) is 2.84. The lowest BCUT2D eigenvalue weighted by Gasteiger charge is -2.23. The van der Waals surface area contributed by atoms with Crippen LogP contribution in [0.4, 0.5) is 5.69 Å². The van der Waals surface area contributed by atoms with Crippen molar-refractivity contribution in [2.24, 2.45) is 0 Å². The molecule has 2 aromatic carbocycles. The van der Waals surface area contributed by atoms with Gasteiger partial charge < -0.3 is 19.1 Å². The molecule has 2 unspecified atom stereocenters. The van der Waals surface area contributed by atoms with Crippen molar-refractivity contribution < 1.29 is 23.8 Å². The summed E-state index contributed by atoms with van der Waals surface area (Å²) in [6.45, 7) is 5.96. The summed E-state index contributed by atoms with van der Waals surface area (Å²) in [4.78, 5) is 27.1. The van der Waals surface area contributed by atoms with Gasteiger partial charge in [-0.1, -0.05) is 35.9 Å². The molecule has 0 radical (unpaired) electrons. The van der Waals surface area contributed by atoms with Crippen molar-refractivity contribution in [2.45, 2.75) is 25.6 Å². The minimum atomic E-state index is -1.04. The van der Waals surface area contributed by atoms with Crippen LogP contribution in [-0.2, 0) is 19.1 Å². The predicted octanol–water partition coefficient (Wildman–Crippen LogP) is 4.31. The number of nitrogens with zero attached hydrogens (tertiary/aromatic N) is 1. The molecular formula is C23H24ClNO5. The third kappa shape index (κ3) is 4.50. The second kappa shape index (κ2) is 9.78. The fourth-order valence-electron chi connectivity index (χ4n) is 3.52. The van der Waals surface area contributed by atoms with Crippen LogP contribution in [0.2, 0.25) is 5.02 Å². The molecule has 0 N–H and O–H groups in total. The summed E-state index contributed by atoms with van der Waals surface area (Å²) in [5.74, 6) is -0.242. The highest BCUT2D eigenvalue weighted by Crippen LogP contribution is 2.42. The standard InChI is InChI=1S/C23H24ClNO5/c1-4-12-25-18-11-10-15(24)13-17(18)22(16-8-6-7-9-19(16)28-3)30-20(23(25)27)14-21(26)29-5-2/h4,6-11,13,20,22H,1,5,12,14H2,2-3H3. The fraction of sp³-hybridized carbons (Fsp3) is 0.304. The van der Waals surface area contributed by atoms with Gasteiger partial charge in [-0.3, -0.25) is 9.59 Å². The first kappa shape index (κ1) is 21.9. The van der Waals surface area contributed by atoms with Gasteiger partial charge >= 0.3 is 5.97 Å². The number of methoxy groups -OCH3 is 1. The number of halogens is 1. The molecule has 30 heavy (non-hydrogen) atoms. The van der Waals surface area contributed by atoms with Crippen LogP contribution in [-0.4, -0.2) is 38.2 Å². The summed E-state index contributed by atoms with van der Waals surface area (Å²) in [6, 6.07) is 12.7. The molecule has 158 valence electrons. The van der Waals surface area contributed by atoms with Crippen LogP contribution in [0.25, 0.3) is 0 Å². The van der Waals surface area contributed by atoms with Gasteiger partial charge in [0.15, 0.2) is 0 Å². The smallest absolute Gasteiger partial charge is 0.308 e. The van der Waals surface area contributed by atoms with E-state index in [2.05, 4.69) is 6.58 Å². The van der Waals surface area contributed by atoms with Gasteiger partial charge in [0.05, 0.1) is 25.8 Å². The molecule has 0 aliphatic carbocycles. The number of carbonyl (C=O) groups excluding carboxylic acids is 2. The SMILES string of the molecule is C=CCN1C(=O)C(CC(=O)OCC)OC(c2ccccc2OC)c2cc(Cl)ccc21. The molecular weight excluding hydrogens is 406 g/mol. The minimum absolute atomic E-state index is 0.201. The van der Waals surface area contributed by atoms with Gasteiger partial charge in [-0.25, -0.2) is 0 Å². The Bertz CT molecular complexity index is 945. The molecule has 0 saturated carbocycles. The number of ether oxygens (including phenoxy) is 3. The Balaban J connectivity index is 2.16. The van der Waals surface area contributed by atoms with Crippen molar-refractivity contribution in [3.63, 3.8) is 0 Å². The monoisotopic (exact) mass is 429 g/mol. The first-order valence-electron chi connectivity index (χ1n) is 9.65. The topological polar surface area (TPSA) is 65.1 Å². The van der Waals surface area contributed by atoms with Crippen LogP contribution < -0.4 is 9.64 Å². The Hall–Kier alpha value is -2.83. The molecule has 1 aliphatic heterocycles. The predicted molar refractivity (Wildman–Crippen MR) is 115 cm³/mol. The van der Waals surface area contributed by atoms with Gasteiger partial charge in [0.2, 0.25) is 0 Å². The summed E-state index contributed by atoms with van der Waals surface area (Å²) >= 11 is 6.29. The lowest BCUT2D eigenvalue weighted by molar-refractivity contribution is -0.151. The summed E-state index contributed by atoms with van der Waals surface area (Å²) in [5.41, 5.74) is 2.07. The van der Waals surface area contributed by atoms with Crippen LogP contribution in [0.15, 0.2) is 55.1 Å². The number of hydrogen-bond donors (Lipinski definition) is 0. The van der Waals surface area contributed by atoms with Gasteiger partial charge in [0, 0.05) is 22.7 Å². The third-order valence-electron chi connectivity index (χ3n) is 4.80. The van der Waals surface area contributed by atoms with E-state index in [1.165, 1.54) is 0 Å². The number of hydrogen-bond acceptors (Lipinski definition) is 5. The maximum atomic E-state index is 13.3. The molecule has 0 saturated heterocycles. The van der Waals surface area contributed by atoms with Crippen molar-refractivity contribution in [3.8, 4) is 5.75 Å². The Labute approximate surface area is 181 Å². The number of anilines is 1. The molecule has 6 nitrogen and oxygen atoms in total.